The highest BCUT2D eigenvalue weighted by molar-refractivity contribution is 6.09. The van der Waals surface area contributed by atoms with E-state index in [9.17, 15) is 14.0 Å². The van der Waals surface area contributed by atoms with Gasteiger partial charge in [0.15, 0.2) is 17.3 Å². The van der Waals surface area contributed by atoms with Crippen molar-refractivity contribution >= 4 is 18.1 Å². The van der Waals surface area contributed by atoms with Gasteiger partial charge in [0.25, 0.3) is 5.91 Å². The Balaban J connectivity index is 1.75. The van der Waals surface area contributed by atoms with Gasteiger partial charge in [0.05, 0.1) is 7.11 Å². The molecule has 0 atom stereocenters. The van der Waals surface area contributed by atoms with Gasteiger partial charge in [-0.05, 0) is 42.5 Å². The number of methoxy groups -OCH3 is 1. The number of rotatable bonds is 4. The molecule has 6 nitrogen and oxygen atoms in total. The monoisotopic (exact) mass is 335 g/mol. The van der Waals surface area contributed by atoms with Crippen molar-refractivity contribution in [2.45, 2.75) is 12.8 Å². The minimum atomic E-state index is -0.674. The summed E-state index contributed by atoms with van der Waals surface area (Å²) in [5.74, 6) is -0.772. The van der Waals surface area contributed by atoms with Crippen molar-refractivity contribution in [3.8, 4) is 5.75 Å². The van der Waals surface area contributed by atoms with Gasteiger partial charge in [0.1, 0.15) is 0 Å². The van der Waals surface area contributed by atoms with Gasteiger partial charge in [-0.2, -0.15) is 0 Å². The zero-order valence-corrected chi connectivity index (χ0v) is 13.3. The molecule has 2 heterocycles. The Morgan fingerprint density at radius 2 is 2.08 bits per heavy atom. The summed E-state index contributed by atoms with van der Waals surface area (Å²) >= 11 is 0. The fourth-order valence-electron chi connectivity index (χ4n) is 2.76. The number of benzene rings is 1. The predicted octanol–water partition coefficient (Wildman–Crippen LogP) is 2.58. The number of nitrogens with zero attached hydrogens (tertiary/aromatic N) is 1. The van der Waals surface area contributed by atoms with Gasteiger partial charge in [-0.1, -0.05) is 6.07 Å². The molecule has 128 valence electrons. The summed E-state index contributed by atoms with van der Waals surface area (Å²) in [6, 6.07) is 4.14. The molecular weight excluding hydrogens is 317 g/mol. The van der Waals surface area contributed by atoms with Gasteiger partial charge in [0.2, 0.25) is 0 Å². The van der Waals surface area contributed by atoms with E-state index < -0.39 is 17.8 Å². The van der Waals surface area contributed by atoms with E-state index in [1.807, 2.05) is 0 Å². The van der Waals surface area contributed by atoms with E-state index in [0.717, 1.165) is 17.7 Å². The van der Waals surface area contributed by atoms with Gasteiger partial charge in [-0.3, -0.25) is 4.79 Å². The normalized spacial score (nSPS) is 20.6. The number of carbonyl (C=O) groups is 2. The summed E-state index contributed by atoms with van der Waals surface area (Å²) < 4.78 is 28.7. The van der Waals surface area contributed by atoms with E-state index in [2.05, 4.69) is 0 Å². The lowest BCUT2D eigenvalue weighted by Crippen LogP contribution is -2.35. The molecule has 1 aromatic carbocycles. The van der Waals surface area contributed by atoms with Crippen LogP contribution in [0.5, 0.6) is 5.75 Å². The first kappa shape index (κ1) is 16.4. The number of imide groups is 1. The molecule has 2 saturated heterocycles. The van der Waals surface area contributed by atoms with Crippen LogP contribution < -0.4 is 4.74 Å². The maximum Gasteiger partial charge on any atom is 0.422 e. The van der Waals surface area contributed by atoms with Crippen LogP contribution in [0.4, 0.5) is 9.18 Å². The number of ether oxygens (including phenoxy) is 3. The Bertz CT molecular complexity index is 682. The van der Waals surface area contributed by atoms with Crippen LogP contribution >= 0.6 is 0 Å². The van der Waals surface area contributed by atoms with E-state index >= 15 is 0 Å². The van der Waals surface area contributed by atoms with Crippen molar-refractivity contribution in [2.75, 3.05) is 26.9 Å². The van der Waals surface area contributed by atoms with E-state index in [4.69, 9.17) is 14.2 Å². The largest absolute Gasteiger partial charge is 0.494 e. The molecule has 1 aromatic rings. The zero-order chi connectivity index (χ0) is 17.1. The fraction of sp³-hybridized carbons (Fsp3) is 0.412. The summed E-state index contributed by atoms with van der Waals surface area (Å²) in [4.78, 5) is 25.5. The van der Waals surface area contributed by atoms with E-state index in [0.29, 0.717) is 25.3 Å². The van der Waals surface area contributed by atoms with Crippen LogP contribution in [0.2, 0.25) is 0 Å². The maximum absolute atomic E-state index is 13.4. The summed E-state index contributed by atoms with van der Waals surface area (Å²) in [7, 11) is 1.35. The van der Waals surface area contributed by atoms with Gasteiger partial charge < -0.3 is 14.2 Å². The van der Waals surface area contributed by atoms with Crippen LogP contribution in [-0.4, -0.2) is 43.8 Å². The van der Waals surface area contributed by atoms with E-state index in [1.54, 1.807) is 0 Å². The van der Waals surface area contributed by atoms with Crippen LogP contribution in [0, 0.1) is 11.7 Å². The molecule has 0 saturated carbocycles. The molecule has 2 fully saturated rings. The molecule has 24 heavy (non-hydrogen) atoms. The first-order valence-corrected chi connectivity index (χ1v) is 7.75. The van der Waals surface area contributed by atoms with Crippen molar-refractivity contribution < 1.29 is 28.2 Å². The molecule has 0 unspecified atom stereocenters. The Morgan fingerprint density at radius 3 is 2.79 bits per heavy atom. The average molecular weight is 335 g/mol. The second-order valence-corrected chi connectivity index (χ2v) is 5.74. The first-order valence-electron chi connectivity index (χ1n) is 7.75. The lowest BCUT2D eigenvalue weighted by atomic mass is 10.00. The summed E-state index contributed by atoms with van der Waals surface area (Å²) in [5, 5.41) is 0. The molecule has 0 radical (unpaired) electrons. The summed E-state index contributed by atoms with van der Waals surface area (Å²) in [6.07, 6.45) is 2.36. The quantitative estimate of drug-likeness (QED) is 0.791. The number of hydrogen-bond acceptors (Lipinski definition) is 5. The minimum Gasteiger partial charge on any atom is -0.494 e. The molecular formula is C17H18FNO5. The van der Waals surface area contributed by atoms with Gasteiger partial charge >= 0.3 is 6.09 Å². The lowest BCUT2D eigenvalue weighted by Gasteiger charge is -2.24. The molecule has 0 aromatic heterocycles. The van der Waals surface area contributed by atoms with Crippen molar-refractivity contribution in [3.63, 3.8) is 0 Å². The van der Waals surface area contributed by atoms with Gasteiger partial charge in [0, 0.05) is 19.8 Å². The topological polar surface area (TPSA) is 65.1 Å². The van der Waals surface area contributed by atoms with Crippen LogP contribution in [0.15, 0.2) is 24.0 Å². The SMILES string of the molecule is COc1cc(C=C2OC(=O)N(CC3CCOCC3)C2=O)ccc1F. The van der Waals surface area contributed by atoms with E-state index in [1.165, 1.54) is 31.4 Å². The van der Waals surface area contributed by atoms with Crippen molar-refractivity contribution in [1.82, 2.24) is 4.90 Å². The van der Waals surface area contributed by atoms with Crippen molar-refractivity contribution in [3.05, 3.63) is 35.3 Å². The molecule has 0 N–H and O–H groups in total. The molecule has 7 heteroatoms. The molecule has 0 spiro atoms. The second-order valence-electron chi connectivity index (χ2n) is 5.74. The third-order valence-corrected chi connectivity index (χ3v) is 4.13. The molecule has 3 rings (SSSR count). The minimum absolute atomic E-state index is 0.0557. The Hall–Kier alpha value is -2.41. The van der Waals surface area contributed by atoms with E-state index in [-0.39, 0.29) is 17.4 Å². The van der Waals surface area contributed by atoms with Crippen LogP contribution in [0.1, 0.15) is 18.4 Å². The molecule has 0 bridgehead atoms. The standard InChI is InChI=1S/C17H18FNO5/c1-22-14-8-12(2-3-13(14)18)9-15-16(20)19(17(21)24-15)10-11-4-6-23-7-5-11/h2-3,8-9,11H,4-7,10H2,1H3. The first-order chi connectivity index (χ1) is 11.6. The van der Waals surface area contributed by atoms with Crippen molar-refractivity contribution in [1.29, 1.82) is 0 Å². The molecule has 0 aliphatic carbocycles. The Morgan fingerprint density at radius 1 is 1.33 bits per heavy atom. The smallest absolute Gasteiger partial charge is 0.422 e. The number of carbonyl (C=O) groups excluding carboxylic acids is 2. The number of amides is 2. The number of hydrogen-bond donors (Lipinski definition) is 0. The number of cyclic esters (lactones) is 1. The second kappa shape index (κ2) is 7.00. The molecule has 2 aliphatic rings. The van der Waals surface area contributed by atoms with Crippen LogP contribution in [0.25, 0.3) is 6.08 Å². The zero-order valence-electron chi connectivity index (χ0n) is 13.3. The summed E-state index contributed by atoms with van der Waals surface area (Å²) in [6.45, 7) is 1.60. The average Bonchev–Trinajstić information content (AvgIpc) is 2.85. The third kappa shape index (κ3) is 3.41. The third-order valence-electron chi connectivity index (χ3n) is 4.13. The Kier molecular flexibility index (Phi) is 4.80. The highest BCUT2D eigenvalue weighted by Crippen LogP contribution is 2.25. The fourth-order valence-corrected chi connectivity index (χ4v) is 2.76. The summed E-state index contributed by atoms with van der Waals surface area (Å²) in [5.41, 5.74) is 0.511. The highest BCUT2D eigenvalue weighted by atomic mass is 19.1. The predicted molar refractivity (Wildman–Crippen MR) is 82.7 cm³/mol. The Labute approximate surface area is 138 Å². The molecule has 2 aliphatic heterocycles. The van der Waals surface area contributed by atoms with Gasteiger partial charge in [-0.25, -0.2) is 14.1 Å². The highest BCUT2D eigenvalue weighted by Gasteiger charge is 2.38. The maximum atomic E-state index is 13.4. The number of halogens is 1. The van der Waals surface area contributed by atoms with Gasteiger partial charge in [-0.15, -0.1) is 0 Å². The van der Waals surface area contributed by atoms with Crippen LogP contribution in [-0.2, 0) is 14.3 Å². The lowest BCUT2D eigenvalue weighted by molar-refractivity contribution is -0.123. The van der Waals surface area contributed by atoms with Crippen LogP contribution in [0.3, 0.4) is 0 Å². The molecule has 2 amide bonds. The van der Waals surface area contributed by atoms with Crippen molar-refractivity contribution in [2.24, 2.45) is 5.92 Å².